The van der Waals surface area contributed by atoms with Gasteiger partial charge in [0, 0.05) is 16.0 Å². The number of sulfonamides is 1. The summed E-state index contributed by atoms with van der Waals surface area (Å²) in [6.07, 6.45) is 0. The molecule has 0 atom stereocenters. The van der Waals surface area contributed by atoms with Crippen LogP contribution in [0.5, 0.6) is 0 Å². The predicted octanol–water partition coefficient (Wildman–Crippen LogP) is 3.47. The number of ether oxygens (including phenoxy) is 1. The highest BCUT2D eigenvalue weighted by molar-refractivity contribution is 9.10. The summed E-state index contributed by atoms with van der Waals surface area (Å²) in [5, 5.41) is 0.492. The van der Waals surface area contributed by atoms with E-state index >= 15 is 0 Å². The van der Waals surface area contributed by atoms with Gasteiger partial charge in [-0.15, -0.1) is 0 Å². The SMILES string of the molecule is COC(=O)CN(Cc1cccc(Cl)c1)S(=O)(=O)c1ccc(Br)cc1. The lowest BCUT2D eigenvalue weighted by atomic mass is 10.2. The molecular formula is C16H15BrClNO4S. The molecule has 0 unspecified atom stereocenters. The first kappa shape index (κ1) is 18.9. The van der Waals surface area contributed by atoms with E-state index in [9.17, 15) is 13.2 Å². The van der Waals surface area contributed by atoms with Crippen molar-refractivity contribution in [3.8, 4) is 0 Å². The van der Waals surface area contributed by atoms with Crippen LogP contribution in [-0.2, 0) is 26.1 Å². The molecule has 5 nitrogen and oxygen atoms in total. The Balaban J connectivity index is 2.37. The Kier molecular flexibility index (Phi) is 6.40. The summed E-state index contributed by atoms with van der Waals surface area (Å²) in [7, 11) is -2.65. The van der Waals surface area contributed by atoms with Gasteiger partial charge in [0.15, 0.2) is 0 Å². The van der Waals surface area contributed by atoms with Crippen LogP contribution < -0.4 is 0 Å². The van der Waals surface area contributed by atoms with Crippen LogP contribution in [0.1, 0.15) is 5.56 Å². The van der Waals surface area contributed by atoms with Gasteiger partial charge in [-0.1, -0.05) is 39.7 Å². The van der Waals surface area contributed by atoms with Crippen LogP contribution >= 0.6 is 27.5 Å². The molecule has 2 aromatic carbocycles. The largest absolute Gasteiger partial charge is 0.468 e. The fourth-order valence-corrected chi connectivity index (χ4v) is 3.88. The van der Waals surface area contributed by atoms with E-state index in [2.05, 4.69) is 20.7 Å². The third kappa shape index (κ3) is 4.80. The van der Waals surface area contributed by atoms with Crippen LogP contribution in [0.15, 0.2) is 57.9 Å². The third-order valence-corrected chi connectivity index (χ3v) is 5.80. The van der Waals surface area contributed by atoms with Crippen molar-refractivity contribution in [3.63, 3.8) is 0 Å². The summed E-state index contributed by atoms with van der Waals surface area (Å²) in [6, 6.07) is 13.0. The summed E-state index contributed by atoms with van der Waals surface area (Å²) in [5.74, 6) is -0.641. The molecule has 0 aliphatic heterocycles. The van der Waals surface area contributed by atoms with Crippen LogP contribution in [0.4, 0.5) is 0 Å². The fraction of sp³-hybridized carbons (Fsp3) is 0.188. The molecule has 0 aliphatic rings. The van der Waals surface area contributed by atoms with Crippen molar-refractivity contribution in [2.45, 2.75) is 11.4 Å². The first-order chi connectivity index (χ1) is 11.3. The van der Waals surface area contributed by atoms with Crippen LogP contribution in [0.3, 0.4) is 0 Å². The average Bonchev–Trinajstić information content (AvgIpc) is 2.54. The molecule has 0 saturated heterocycles. The summed E-state index contributed by atoms with van der Waals surface area (Å²) in [5.41, 5.74) is 0.673. The van der Waals surface area contributed by atoms with Crippen molar-refractivity contribution in [3.05, 3.63) is 63.6 Å². The van der Waals surface area contributed by atoms with E-state index < -0.39 is 16.0 Å². The summed E-state index contributed by atoms with van der Waals surface area (Å²) >= 11 is 9.21. The first-order valence-electron chi connectivity index (χ1n) is 6.90. The zero-order chi connectivity index (χ0) is 17.7. The highest BCUT2D eigenvalue weighted by Gasteiger charge is 2.27. The Morgan fingerprint density at radius 1 is 1.21 bits per heavy atom. The molecule has 0 spiro atoms. The third-order valence-electron chi connectivity index (χ3n) is 3.23. The Hall–Kier alpha value is -1.41. The minimum absolute atomic E-state index is 0.00799. The fourth-order valence-electron chi connectivity index (χ4n) is 2.03. The smallest absolute Gasteiger partial charge is 0.321 e. The molecule has 2 aromatic rings. The second kappa shape index (κ2) is 8.11. The molecular weight excluding hydrogens is 418 g/mol. The van der Waals surface area contributed by atoms with Crippen LogP contribution in [-0.4, -0.2) is 32.3 Å². The second-order valence-corrected chi connectivity index (χ2v) is 8.22. The van der Waals surface area contributed by atoms with Gasteiger partial charge in [0.25, 0.3) is 0 Å². The first-order valence-corrected chi connectivity index (χ1v) is 9.51. The van der Waals surface area contributed by atoms with Crippen molar-refractivity contribution >= 4 is 43.5 Å². The number of esters is 1. The zero-order valence-electron chi connectivity index (χ0n) is 12.8. The van der Waals surface area contributed by atoms with Gasteiger partial charge in [0.05, 0.1) is 12.0 Å². The number of hydrogen-bond donors (Lipinski definition) is 0. The van der Waals surface area contributed by atoms with Gasteiger partial charge in [0.2, 0.25) is 10.0 Å². The molecule has 0 bridgehead atoms. The number of halogens is 2. The molecule has 128 valence electrons. The van der Waals surface area contributed by atoms with Gasteiger partial charge >= 0.3 is 5.97 Å². The summed E-state index contributed by atoms with van der Waals surface area (Å²) in [4.78, 5) is 11.7. The molecule has 0 N–H and O–H groups in total. The van der Waals surface area contributed by atoms with Crippen molar-refractivity contribution < 1.29 is 17.9 Å². The minimum atomic E-state index is -3.87. The predicted molar refractivity (Wildman–Crippen MR) is 95.2 cm³/mol. The normalized spacial score (nSPS) is 11.5. The number of rotatable bonds is 6. The van der Waals surface area contributed by atoms with Gasteiger partial charge in [-0.2, -0.15) is 4.31 Å². The second-order valence-electron chi connectivity index (χ2n) is 4.93. The molecule has 0 aromatic heterocycles. The standard InChI is InChI=1S/C16H15BrClNO4S/c1-23-16(20)11-19(10-12-3-2-4-14(18)9-12)24(21,22)15-7-5-13(17)6-8-15/h2-9H,10-11H2,1H3. The Morgan fingerprint density at radius 2 is 1.88 bits per heavy atom. The number of carbonyl (C=O) groups is 1. The molecule has 24 heavy (non-hydrogen) atoms. The lowest BCUT2D eigenvalue weighted by Crippen LogP contribution is -2.35. The van der Waals surface area contributed by atoms with E-state index in [0.29, 0.717) is 10.6 Å². The van der Waals surface area contributed by atoms with Crippen LogP contribution in [0, 0.1) is 0 Å². The van der Waals surface area contributed by atoms with E-state index in [4.69, 9.17) is 11.6 Å². The molecule has 0 heterocycles. The van der Waals surface area contributed by atoms with E-state index in [1.807, 2.05) is 0 Å². The molecule has 0 aliphatic carbocycles. The molecule has 2 rings (SSSR count). The molecule has 0 radical (unpaired) electrons. The number of methoxy groups -OCH3 is 1. The van der Waals surface area contributed by atoms with E-state index in [-0.39, 0.29) is 18.0 Å². The van der Waals surface area contributed by atoms with E-state index in [1.165, 1.54) is 19.2 Å². The number of benzene rings is 2. The zero-order valence-corrected chi connectivity index (χ0v) is 15.9. The number of nitrogens with zero attached hydrogens (tertiary/aromatic N) is 1. The monoisotopic (exact) mass is 431 g/mol. The molecule has 0 amide bonds. The van der Waals surface area contributed by atoms with Crippen molar-refractivity contribution in [2.75, 3.05) is 13.7 Å². The van der Waals surface area contributed by atoms with Gasteiger partial charge in [-0.3, -0.25) is 4.79 Å². The molecule has 0 fully saturated rings. The van der Waals surface area contributed by atoms with Gasteiger partial charge < -0.3 is 4.74 Å². The number of hydrogen-bond acceptors (Lipinski definition) is 4. The number of carbonyl (C=O) groups excluding carboxylic acids is 1. The van der Waals surface area contributed by atoms with Crippen LogP contribution in [0.25, 0.3) is 0 Å². The maximum Gasteiger partial charge on any atom is 0.321 e. The van der Waals surface area contributed by atoms with Crippen LogP contribution in [0.2, 0.25) is 5.02 Å². The van der Waals surface area contributed by atoms with Gasteiger partial charge in [0.1, 0.15) is 6.54 Å². The Morgan fingerprint density at radius 3 is 2.46 bits per heavy atom. The quantitative estimate of drug-likeness (QED) is 0.656. The summed E-state index contributed by atoms with van der Waals surface area (Å²) in [6.45, 7) is -0.379. The van der Waals surface area contributed by atoms with Gasteiger partial charge in [-0.05, 0) is 42.0 Å². The van der Waals surface area contributed by atoms with Crippen molar-refractivity contribution in [1.82, 2.24) is 4.31 Å². The van der Waals surface area contributed by atoms with E-state index in [1.54, 1.807) is 36.4 Å². The highest BCUT2D eigenvalue weighted by atomic mass is 79.9. The minimum Gasteiger partial charge on any atom is -0.468 e. The van der Waals surface area contributed by atoms with Crippen molar-refractivity contribution in [2.24, 2.45) is 0 Å². The topological polar surface area (TPSA) is 63.7 Å². The lowest BCUT2D eigenvalue weighted by Gasteiger charge is -2.21. The highest BCUT2D eigenvalue weighted by Crippen LogP contribution is 2.21. The lowest BCUT2D eigenvalue weighted by molar-refractivity contribution is -0.140. The summed E-state index contributed by atoms with van der Waals surface area (Å²) < 4.78 is 32.1. The maximum absolute atomic E-state index is 12.9. The Labute approximate surface area is 154 Å². The average molecular weight is 433 g/mol. The van der Waals surface area contributed by atoms with Gasteiger partial charge in [-0.25, -0.2) is 8.42 Å². The van der Waals surface area contributed by atoms with Crippen molar-refractivity contribution in [1.29, 1.82) is 0 Å². The molecule has 8 heteroatoms. The maximum atomic E-state index is 12.9. The Bertz CT molecular complexity index is 824. The molecule has 0 saturated carbocycles. The van der Waals surface area contributed by atoms with E-state index in [0.717, 1.165) is 8.78 Å².